The number of aromatic nitrogens is 1. The van der Waals surface area contributed by atoms with Crippen molar-refractivity contribution < 1.29 is 21.9 Å². The lowest BCUT2D eigenvalue weighted by atomic mass is 10.3. The second-order valence-electron chi connectivity index (χ2n) is 2.70. The van der Waals surface area contributed by atoms with Crippen molar-refractivity contribution in [1.82, 2.24) is 4.98 Å². The third-order valence-electron chi connectivity index (χ3n) is 1.67. The van der Waals surface area contributed by atoms with E-state index in [0.717, 1.165) is 13.3 Å². The lowest BCUT2D eigenvalue weighted by Gasteiger charge is -2.11. The monoisotopic (exact) mass is 272 g/mol. The first kappa shape index (κ1) is 13.1. The second-order valence-corrected chi connectivity index (χ2v) is 4.60. The van der Waals surface area contributed by atoms with Gasteiger partial charge in [0.25, 0.3) is 6.43 Å². The van der Waals surface area contributed by atoms with Gasteiger partial charge in [0.15, 0.2) is 5.75 Å². The molecular formula is C7H7ClF2N2O3S. The molecule has 0 aliphatic carbocycles. The number of primary sulfonamides is 1. The molecule has 0 saturated heterocycles. The number of methoxy groups -OCH3 is 1. The minimum Gasteiger partial charge on any atom is -0.493 e. The maximum atomic E-state index is 12.5. The van der Waals surface area contributed by atoms with Crippen LogP contribution in [0.4, 0.5) is 8.78 Å². The fourth-order valence-electron chi connectivity index (χ4n) is 1.09. The van der Waals surface area contributed by atoms with Crippen molar-refractivity contribution in [2.45, 2.75) is 11.3 Å². The van der Waals surface area contributed by atoms with E-state index in [0.29, 0.717) is 0 Å². The van der Waals surface area contributed by atoms with Gasteiger partial charge in [-0.1, -0.05) is 11.6 Å². The van der Waals surface area contributed by atoms with Crippen LogP contribution in [-0.2, 0) is 10.0 Å². The predicted octanol–water partition coefficient (Wildman–Crippen LogP) is 1.33. The zero-order chi connectivity index (χ0) is 12.5. The molecule has 0 amide bonds. The number of sulfonamides is 1. The Bertz CT molecular complexity index is 507. The first-order valence-electron chi connectivity index (χ1n) is 3.82. The van der Waals surface area contributed by atoms with E-state index >= 15 is 0 Å². The minimum absolute atomic E-state index is 0.372. The Morgan fingerprint density at radius 3 is 2.50 bits per heavy atom. The highest BCUT2D eigenvalue weighted by atomic mass is 35.5. The maximum absolute atomic E-state index is 12.5. The average Bonchev–Trinajstić information content (AvgIpc) is 2.14. The quantitative estimate of drug-likeness (QED) is 0.900. The molecule has 0 bridgehead atoms. The van der Waals surface area contributed by atoms with Crippen LogP contribution in [0, 0.1) is 0 Å². The zero-order valence-electron chi connectivity index (χ0n) is 7.95. The van der Waals surface area contributed by atoms with Crippen LogP contribution < -0.4 is 9.88 Å². The van der Waals surface area contributed by atoms with Crippen molar-refractivity contribution in [3.05, 3.63) is 16.9 Å². The molecule has 0 atom stereocenters. The number of hydrogen-bond acceptors (Lipinski definition) is 4. The topological polar surface area (TPSA) is 82.3 Å². The summed E-state index contributed by atoms with van der Waals surface area (Å²) in [6.07, 6.45) is -2.21. The number of alkyl halides is 2. The lowest BCUT2D eigenvalue weighted by molar-refractivity contribution is 0.140. The van der Waals surface area contributed by atoms with Gasteiger partial charge in [0, 0.05) is 6.20 Å². The highest BCUT2D eigenvalue weighted by Crippen LogP contribution is 2.36. The minimum atomic E-state index is -4.26. The molecule has 16 heavy (non-hydrogen) atoms. The third-order valence-corrected chi connectivity index (χ3v) is 3.04. The molecule has 0 fully saturated rings. The smallest absolute Gasteiger partial charge is 0.284 e. The number of rotatable bonds is 3. The van der Waals surface area contributed by atoms with Gasteiger partial charge in [-0.3, -0.25) is 0 Å². The molecule has 0 aliphatic rings. The molecule has 0 saturated carbocycles. The van der Waals surface area contributed by atoms with E-state index < -0.39 is 32.8 Å². The maximum Gasteiger partial charge on any atom is 0.284 e. The Morgan fingerprint density at radius 1 is 1.56 bits per heavy atom. The molecule has 5 nitrogen and oxygen atoms in total. The summed E-state index contributed by atoms with van der Waals surface area (Å²) in [5, 5.41) is 4.47. The summed E-state index contributed by atoms with van der Waals surface area (Å²) in [5.41, 5.74) is -0.823. The Balaban J connectivity index is 3.64. The summed E-state index contributed by atoms with van der Waals surface area (Å²) in [6, 6.07) is 0. The average molecular weight is 273 g/mol. The van der Waals surface area contributed by atoms with Crippen LogP contribution in [0.25, 0.3) is 0 Å². The van der Waals surface area contributed by atoms with Crippen molar-refractivity contribution in [2.75, 3.05) is 7.11 Å². The normalized spacial score (nSPS) is 11.9. The van der Waals surface area contributed by atoms with E-state index in [1.807, 2.05) is 0 Å². The van der Waals surface area contributed by atoms with Gasteiger partial charge in [-0.15, -0.1) is 0 Å². The van der Waals surface area contributed by atoms with Crippen LogP contribution in [0.3, 0.4) is 0 Å². The summed E-state index contributed by atoms with van der Waals surface area (Å²) in [5.74, 6) is -0.634. The molecule has 1 rings (SSSR count). The van der Waals surface area contributed by atoms with Gasteiger partial charge in [-0.25, -0.2) is 27.3 Å². The van der Waals surface area contributed by atoms with Crippen LogP contribution in [0.1, 0.15) is 12.1 Å². The van der Waals surface area contributed by atoms with Crippen molar-refractivity contribution >= 4 is 21.6 Å². The summed E-state index contributed by atoms with van der Waals surface area (Å²) in [6.45, 7) is 0. The third kappa shape index (κ3) is 2.39. The first-order valence-corrected chi connectivity index (χ1v) is 5.74. The first-order chi connectivity index (χ1) is 7.29. The molecule has 0 spiro atoms. The highest BCUT2D eigenvalue weighted by molar-refractivity contribution is 7.89. The lowest BCUT2D eigenvalue weighted by Crippen LogP contribution is -2.15. The molecule has 1 aromatic rings. The zero-order valence-corrected chi connectivity index (χ0v) is 9.52. The predicted molar refractivity (Wildman–Crippen MR) is 52.1 cm³/mol. The van der Waals surface area contributed by atoms with E-state index in [2.05, 4.69) is 9.72 Å². The molecule has 2 N–H and O–H groups in total. The summed E-state index contributed by atoms with van der Waals surface area (Å²) in [7, 11) is -3.24. The molecule has 0 aromatic carbocycles. The van der Waals surface area contributed by atoms with Crippen molar-refractivity contribution in [2.24, 2.45) is 5.14 Å². The molecule has 0 aliphatic heterocycles. The van der Waals surface area contributed by atoms with Gasteiger partial charge in [0.1, 0.15) is 10.6 Å². The number of halogens is 3. The van der Waals surface area contributed by atoms with Crippen LogP contribution in [0.5, 0.6) is 5.75 Å². The fraction of sp³-hybridized carbons (Fsp3) is 0.286. The number of nitrogens with zero attached hydrogens (tertiary/aromatic N) is 1. The molecular weight excluding hydrogens is 266 g/mol. The SMILES string of the molecule is COc1c(C(F)F)ncc(Cl)c1S(N)(=O)=O. The molecule has 1 aromatic heterocycles. The van der Waals surface area contributed by atoms with Gasteiger partial charge in [0.2, 0.25) is 10.0 Å². The van der Waals surface area contributed by atoms with Gasteiger partial charge < -0.3 is 4.74 Å². The van der Waals surface area contributed by atoms with Crippen molar-refractivity contribution in [3.8, 4) is 5.75 Å². The Morgan fingerprint density at radius 2 is 2.12 bits per heavy atom. The Labute approximate surface area is 95.2 Å². The van der Waals surface area contributed by atoms with E-state index in [-0.39, 0.29) is 5.02 Å². The molecule has 1 heterocycles. The second kappa shape index (κ2) is 4.48. The number of pyridine rings is 1. The summed E-state index contributed by atoms with van der Waals surface area (Å²) < 4.78 is 51.8. The Hall–Kier alpha value is -0.990. The van der Waals surface area contributed by atoms with Gasteiger partial charge in [-0.05, 0) is 0 Å². The van der Waals surface area contributed by atoms with Crippen LogP contribution in [0.15, 0.2) is 11.1 Å². The summed E-state index contributed by atoms with van der Waals surface area (Å²) in [4.78, 5) is 2.60. The van der Waals surface area contributed by atoms with Crippen molar-refractivity contribution in [3.63, 3.8) is 0 Å². The van der Waals surface area contributed by atoms with Gasteiger partial charge in [0.05, 0.1) is 12.1 Å². The van der Waals surface area contributed by atoms with E-state index in [1.54, 1.807) is 0 Å². The Kier molecular flexibility index (Phi) is 3.66. The standard InChI is InChI=1S/C7H7ClF2N2O3S/c1-15-5-4(7(9)10)12-2-3(8)6(5)16(11,13)14/h2,7H,1H3,(H2,11,13,14). The van der Waals surface area contributed by atoms with E-state index in [4.69, 9.17) is 16.7 Å². The number of hydrogen-bond donors (Lipinski definition) is 1. The molecule has 90 valence electrons. The van der Waals surface area contributed by atoms with Gasteiger partial charge in [-0.2, -0.15) is 0 Å². The van der Waals surface area contributed by atoms with Crippen molar-refractivity contribution in [1.29, 1.82) is 0 Å². The number of ether oxygens (including phenoxy) is 1. The highest BCUT2D eigenvalue weighted by Gasteiger charge is 2.27. The largest absolute Gasteiger partial charge is 0.493 e. The van der Waals surface area contributed by atoms with E-state index in [9.17, 15) is 17.2 Å². The van der Waals surface area contributed by atoms with Crippen LogP contribution in [-0.4, -0.2) is 20.5 Å². The molecule has 0 unspecified atom stereocenters. The van der Waals surface area contributed by atoms with Crippen LogP contribution >= 0.6 is 11.6 Å². The molecule has 9 heteroatoms. The van der Waals surface area contributed by atoms with E-state index in [1.165, 1.54) is 0 Å². The molecule has 0 radical (unpaired) electrons. The number of nitrogens with two attached hydrogens (primary N) is 1. The summed E-state index contributed by atoms with van der Waals surface area (Å²) >= 11 is 5.52. The van der Waals surface area contributed by atoms with Crippen LogP contribution in [0.2, 0.25) is 5.02 Å². The van der Waals surface area contributed by atoms with Gasteiger partial charge >= 0.3 is 0 Å². The fourth-order valence-corrected chi connectivity index (χ4v) is 2.31.